The van der Waals surface area contributed by atoms with E-state index in [-0.39, 0.29) is 11.4 Å². The van der Waals surface area contributed by atoms with Crippen molar-refractivity contribution >= 4 is 9.42 Å². The molecule has 0 aliphatic rings. The van der Waals surface area contributed by atoms with Crippen LogP contribution in [0.25, 0.3) is 11.4 Å². The Morgan fingerprint density at radius 3 is 2.35 bits per heavy atom. The van der Waals surface area contributed by atoms with Crippen LogP contribution in [0.4, 0.5) is 8.78 Å². The second-order valence-corrected chi connectivity index (χ2v) is 4.88. The molecule has 0 N–H and O–H groups in total. The van der Waals surface area contributed by atoms with Crippen LogP contribution < -0.4 is 4.57 Å². The van der Waals surface area contributed by atoms with Gasteiger partial charge in [0.25, 0.3) is 0 Å². The van der Waals surface area contributed by atoms with E-state index in [0.717, 1.165) is 17.5 Å². The fourth-order valence-corrected chi connectivity index (χ4v) is 2.19. The Hall–Kier alpha value is -1.52. The number of imidazole rings is 1. The van der Waals surface area contributed by atoms with Crippen LogP contribution in [0, 0.1) is 37.9 Å². The van der Waals surface area contributed by atoms with Gasteiger partial charge in [0.15, 0.2) is 0 Å². The fourth-order valence-electron chi connectivity index (χ4n) is 2.19. The average molecular weight is 518 g/mol. The van der Waals surface area contributed by atoms with Gasteiger partial charge in [-0.05, 0) is 31.3 Å². The summed E-state index contributed by atoms with van der Waals surface area (Å²) in [6.45, 7) is 3.61. The summed E-state index contributed by atoms with van der Waals surface area (Å²) in [6, 6.07) is 5.41. The first-order valence-electron chi connectivity index (χ1n) is 6.49. The molecule has 0 radical (unpaired) electrons. The van der Waals surface area contributed by atoms with E-state index in [1.807, 2.05) is 13.0 Å². The number of aryl methyl sites for hydroxylation is 3. The molecular weight excluding hydrogens is 505 g/mol. The number of hydrogen-bond donors (Lipinski definition) is 0. The molecule has 8 heteroatoms. The topological polar surface area (TPSA) is 26.6 Å². The van der Waals surface area contributed by atoms with Gasteiger partial charge in [-0.1, -0.05) is 0 Å². The van der Waals surface area contributed by atoms with Crippen molar-refractivity contribution in [1.29, 1.82) is 0 Å². The molecule has 0 saturated heterocycles. The minimum absolute atomic E-state index is 0.0850. The van der Waals surface area contributed by atoms with E-state index in [4.69, 9.17) is 0 Å². The zero-order valence-corrected chi connectivity index (χ0v) is 15.6. The van der Waals surface area contributed by atoms with E-state index in [1.54, 1.807) is 49.7 Å². The zero-order chi connectivity index (χ0) is 17.1. The van der Waals surface area contributed by atoms with E-state index in [0.29, 0.717) is 0 Å². The van der Waals surface area contributed by atoms with Gasteiger partial charge in [0, 0.05) is 29.7 Å². The third kappa shape index (κ3) is 3.70. The average Bonchev–Trinajstić information content (AvgIpc) is 3.07. The molecule has 4 nitrogen and oxygen atoms in total. The van der Waals surface area contributed by atoms with E-state index in [9.17, 15) is 8.78 Å². The molecule has 2 heterocycles. The Balaban J connectivity index is 0.000000924. The molecule has 0 bridgehead atoms. The van der Waals surface area contributed by atoms with Gasteiger partial charge < -0.3 is 9.13 Å². The van der Waals surface area contributed by atoms with Crippen LogP contribution in [0.5, 0.6) is 0 Å². The maximum atomic E-state index is 14.1. The van der Waals surface area contributed by atoms with Crippen molar-refractivity contribution in [3.63, 3.8) is 0 Å². The van der Waals surface area contributed by atoms with E-state index in [2.05, 4.69) is 26.9 Å². The number of nitrogens with zero attached hydrogens (tertiary/aromatic N) is 4. The van der Waals surface area contributed by atoms with Crippen molar-refractivity contribution in [3.05, 3.63) is 59.9 Å². The van der Waals surface area contributed by atoms with Crippen LogP contribution in [0.1, 0.15) is 11.4 Å². The predicted octanol–water partition coefficient (Wildman–Crippen LogP) is 2.67. The number of rotatable bonds is 2. The first kappa shape index (κ1) is 17.8. The Morgan fingerprint density at radius 1 is 1.17 bits per heavy atom. The molecule has 0 amide bonds. The third-order valence-corrected chi connectivity index (χ3v) is 3.11. The first-order chi connectivity index (χ1) is 11.0. The zero-order valence-electron chi connectivity index (χ0n) is 12.5. The molecule has 0 unspecified atom stereocenters. The molecular formula is C15H13ClF2N4Pt-. The Morgan fingerprint density at radius 2 is 1.83 bits per heavy atom. The molecule has 23 heavy (non-hydrogen) atoms. The van der Waals surface area contributed by atoms with Crippen molar-refractivity contribution < 1.29 is 32.1 Å². The third-order valence-electron chi connectivity index (χ3n) is 3.11. The summed E-state index contributed by atoms with van der Waals surface area (Å²) in [5.41, 5.74) is 1.69. The molecule has 0 atom stereocenters. The molecule has 0 saturated carbocycles. The predicted molar refractivity (Wildman–Crippen MR) is 77.0 cm³/mol. The second kappa shape index (κ2) is 7.37. The number of benzene rings is 1. The summed E-state index contributed by atoms with van der Waals surface area (Å²) in [6.07, 6.45) is 6.19. The van der Waals surface area contributed by atoms with Gasteiger partial charge in [0.2, 0.25) is 6.33 Å². The Kier molecular flexibility index (Phi) is 5.71. The van der Waals surface area contributed by atoms with Gasteiger partial charge in [0.1, 0.15) is 0 Å². The molecule has 3 aromatic rings. The SMILES string of the molecule is Cc1cc(C)n(-c2[c-]c(-n3[c-][n+](C)cc3)c(F)cc2F)n1.[Cl][Pt]. The van der Waals surface area contributed by atoms with Crippen LogP contribution in [0.2, 0.25) is 0 Å². The first-order valence-corrected chi connectivity index (χ1v) is 9.31. The van der Waals surface area contributed by atoms with Crippen LogP contribution in [0.3, 0.4) is 0 Å². The normalized spacial score (nSPS) is 10.4. The van der Waals surface area contributed by atoms with Crippen molar-refractivity contribution in [3.8, 4) is 11.4 Å². The van der Waals surface area contributed by atoms with Crippen molar-refractivity contribution in [2.45, 2.75) is 13.8 Å². The second-order valence-electron chi connectivity index (χ2n) is 4.88. The number of halogens is 3. The maximum absolute atomic E-state index is 14.1. The number of aromatic nitrogens is 4. The van der Waals surface area contributed by atoms with Crippen LogP contribution >= 0.6 is 9.42 Å². The molecule has 3 rings (SSSR count). The van der Waals surface area contributed by atoms with E-state index < -0.39 is 11.6 Å². The van der Waals surface area contributed by atoms with Crippen molar-refractivity contribution in [2.24, 2.45) is 7.05 Å². The minimum atomic E-state index is -0.709. The Labute approximate surface area is 148 Å². The van der Waals surface area contributed by atoms with Gasteiger partial charge in [-0.3, -0.25) is 13.5 Å². The monoisotopic (exact) mass is 517 g/mol. The summed E-state index contributed by atoms with van der Waals surface area (Å²) >= 11 is 1.61. The van der Waals surface area contributed by atoms with Crippen molar-refractivity contribution in [1.82, 2.24) is 14.3 Å². The molecule has 0 aliphatic heterocycles. The molecule has 125 valence electrons. The molecule has 0 aliphatic carbocycles. The summed E-state index contributed by atoms with van der Waals surface area (Å²) in [4.78, 5) is 0. The number of hydrogen-bond acceptors (Lipinski definition) is 1. The van der Waals surface area contributed by atoms with Gasteiger partial charge in [0.05, 0.1) is 12.7 Å². The quantitative estimate of drug-likeness (QED) is 0.379. The van der Waals surface area contributed by atoms with Gasteiger partial charge in [-0.25, -0.2) is 0 Å². The summed E-state index contributed by atoms with van der Waals surface area (Å²) in [5, 5.41) is 4.21. The van der Waals surface area contributed by atoms with E-state index in [1.165, 1.54) is 9.25 Å². The van der Waals surface area contributed by atoms with E-state index >= 15 is 0 Å². The van der Waals surface area contributed by atoms with Crippen LogP contribution in [-0.2, 0) is 25.8 Å². The van der Waals surface area contributed by atoms with Gasteiger partial charge in [-0.2, -0.15) is 11.2 Å². The summed E-state index contributed by atoms with van der Waals surface area (Å²) in [5.74, 6) is -1.41. The molecule has 1 aromatic carbocycles. The molecule has 2 aromatic heterocycles. The van der Waals surface area contributed by atoms with Crippen LogP contribution in [-0.4, -0.2) is 14.3 Å². The van der Waals surface area contributed by atoms with Crippen LogP contribution in [0.15, 0.2) is 24.5 Å². The standard InChI is InChI=1S/C15H13F2N4.ClH.Pt/c1-10-6-11(2)21(18-10)15-8-14(12(16)7-13(15)17)20-5-4-19(3)9-20;;/h4-7H,1-3H3;1H;/q-1;;+1/p-1. The van der Waals surface area contributed by atoms with Gasteiger partial charge >= 0.3 is 28.2 Å². The fraction of sp³-hybridized carbons (Fsp3) is 0.200. The summed E-state index contributed by atoms with van der Waals surface area (Å²) < 4.78 is 32.5. The molecule has 0 fully saturated rings. The van der Waals surface area contributed by atoms with Crippen molar-refractivity contribution in [2.75, 3.05) is 0 Å². The van der Waals surface area contributed by atoms with Gasteiger partial charge in [-0.15, -0.1) is 6.07 Å². The summed E-state index contributed by atoms with van der Waals surface area (Å²) in [7, 11) is 6.37. The molecule has 0 spiro atoms. The Bertz CT molecular complexity index is 829.